The zero-order chi connectivity index (χ0) is 31.7. The topological polar surface area (TPSA) is 113 Å². The van der Waals surface area contributed by atoms with E-state index in [1.54, 1.807) is 27.4 Å². The molecule has 2 aliphatic rings. The van der Waals surface area contributed by atoms with Gasteiger partial charge >= 0.3 is 0 Å². The number of ether oxygens (including phenoxy) is 6. The maximum absolute atomic E-state index is 13.6. The van der Waals surface area contributed by atoms with Crippen molar-refractivity contribution in [3.05, 3.63) is 35.4 Å². The van der Waals surface area contributed by atoms with Gasteiger partial charge in [-0.1, -0.05) is 13.3 Å². The van der Waals surface area contributed by atoms with E-state index >= 15 is 0 Å². The highest BCUT2D eigenvalue weighted by molar-refractivity contribution is 7.91. The van der Waals surface area contributed by atoms with E-state index in [0.29, 0.717) is 61.0 Å². The highest BCUT2D eigenvalue weighted by atomic mass is 32.2. The fourth-order valence-corrected chi connectivity index (χ4v) is 7.52. The van der Waals surface area contributed by atoms with E-state index in [9.17, 15) is 13.5 Å². The average molecular weight is 636 g/mol. The van der Waals surface area contributed by atoms with Crippen LogP contribution in [0.5, 0.6) is 28.7 Å². The Hall–Kier alpha value is -2.73. The first-order valence-corrected chi connectivity index (χ1v) is 17.4. The molecule has 0 amide bonds. The van der Waals surface area contributed by atoms with Crippen LogP contribution in [0.1, 0.15) is 82.1 Å². The summed E-state index contributed by atoms with van der Waals surface area (Å²) in [4.78, 5) is 2.47. The van der Waals surface area contributed by atoms with E-state index < -0.39 is 21.7 Å². The molecule has 10 nitrogen and oxygen atoms in total. The van der Waals surface area contributed by atoms with Gasteiger partial charge in [0, 0.05) is 6.54 Å². The van der Waals surface area contributed by atoms with Gasteiger partial charge in [0.1, 0.15) is 4.90 Å². The van der Waals surface area contributed by atoms with Gasteiger partial charge in [0.25, 0.3) is 0 Å². The Morgan fingerprint density at radius 1 is 0.864 bits per heavy atom. The van der Waals surface area contributed by atoms with E-state index in [0.717, 1.165) is 31.6 Å². The summed E-state index contributed by atoms with van der Waals surface area (Å²) in [6.45, 7) is 7.34. The number of rotatable bonds is 16. The Kier molecular flexibility index (Phi) is 12.4. The van der Waals surface area contributed by atoms with Crippen molar-refractivity contribution in [2.75, 3.05) is 59.9 Å². The molecule has 0 aliphatic carbocycles. The quantitative estimate of drug-likeness (QED) is 0.237. The number of hydrogen-bond acceptors (Lipinski definition) is 10. The Balaban J connectivity index is 1.64. The standard InChI is InChI=1S/C33H49NO9S/c1-6-16-42-33-30(41-17-10-15-34-13-8-7-9-14-34)20-25(21-31(33)44(36,37)22-23(2)35)27-12-11-26(43-27)24-18-28(38-3)32(40-5)29(19-24)39-4/h18-21,23,26-27,35H,6-17,22H2,1-5H3. The molecule has 1 N–H and O–H groups in total. The predicted molar refractivity (Wildman–Crippen MR) is 168 cm³/mol. The van der Waals surface area contributed by atoms with Crippen LogP contribution in [-0.2, 0) is 14.6 Å². The highest BCUT2D eigenvalue weighted by Crippen LogP contribution is 2.48. The van der Waals surface area contributed by atoms with E-state index in [4.69, 9.17) is 28.4 Å². The van der Waals surface area contributed by atoms with Gasteiger partial charge in [-0.3, -0.25) is 0 Å². The summed E-state index contributed by atoms with van der Waals surface area (Å²) in [6.07, 6.45) is 4.94. The van der Waals surface area contributed by atoms with Crippen LogP contribution in [0.25, 0.3) is 0 Å². The Labute approximate surface area is 262 Å². The summed E-state index contributed by atoms with van der Waals surface area (Å²) in [6, 6.07) is 7.25. The van der Waals surface area contributed by atoms with Crippen LogP contribution in [0, 0.1) is 0 Å². The summed E-state index contributed by atoms with van der Waals surface area (Å²) in [5.41, 5.74) is 1.57. The van der Waals surface area contributed by atoms with Crippen molar-refractivity contribution in [2.24, 2.45) is 0 Å². The minimum absolute atomic E-state index is 0.0233. The lowest BCUT2D eigenvalue weighted by Crippen LogP contribution is -2.31. The lowest BCUT2D eigenvalue weighted by Gasteiger charge is -2.26. The third kappa shape index (κ3) is 8.50. The molecule has 0 saturated carbocycles. The van der Waals surface area contributed by atoms with E-state index in [2.05, 4.69) is 4.90 Å². The molecule has 11 heteroatoms. The largest absolute Gasteiger partial charge is 0.493 e. The maximum atomic E-state index is 13.6. The molecule has 2 aromatic rings. The highest BCUT2D eigenvalue weighted by Gasteiger charge is 2.33. The molecule has 2 aromatic carbocycles. The molecule has 0 spiro atoms. The Morgan fingerprint density at radius 3 is 2.05 bits per heavy atom. The number of methoxy groups -OCH3 is 3. The fraction of sp³-hybridized carbons (Fsp3) is 0.636. The van der Waals surface area contributed by atoms with Crippen molar-refractivity contribution in [2.45, 2.75) is 82.0 Å². The number of piperidine rings is 1. The second-order valence-corrected chi connectivity index (χ2v) is 13.6. The molecule has 4 rings (SSSR count). The lowest BCUT2D eigenvalue weighted by atomic mass is 10.0. The van der Waals surface area contributed by atoms with Crippen LogP contribution >= 0.6 is 0 Å². The molecule has 0 aromatic heterocycles. The number of aliphatic hydroxyl groups excluding tert-OH is 1. The summed E-state index contributed by atoms with van der Waals surface area (Å²) >= 11 is 0. The van der Waals surface area contributed by atoms with Gasteiger partial charge in [0.2, 0.25) is 5.75 Å². The first-order valence-electron chi connectivity index (χ1n) is 15.7. The number of benzene rings is 2. The molecular formula is C33H49NO9S. The molecule has 246 valence electrons. The van der Waals surface area contributed by atoms with Crippen LogP contribution in [0.2, 0.25) is 0 Å². The SMILES string of the molecule is CCCOc1c(OCCCN2CCCCC2)cc(C2CCC(c3cc(OC)c(OC)c(OC)c3)O2)cc1S(=O)(=O)CC(C)O. The summed E-state index contributed by atoms with van der Waals surface area (Å²) in [5.74, 6) is 1.75. The Morgan fingerprint density at radius 2 is 1.48 bits per heavy atom. The van der Waals surface area contributed by atoms with Crippen molar-refractivity contribution in [1.82, 2.24) is 4.90 Å². The molecule has 3 unspecified atom stereocenters. The van der Waals surface area contributed by atoms with Gasteiger partial charge in [-0.15, -0.1) is 0 Å². The third-order valence-corrected chi connectivity index (χ3v) is 9.96. The average Bonchev–Trinajstić information content (AvgIpc) is 3.51. The molecule has 2 aliphatic heterocycles. The number of hydrogen-bond donors (Lipinski definition) is 1. The first kappa shape index (κ1) is 34.1. The van der Waals surface area contributed by atoms with Crippen LogP contribution in [-0.4, -0.2) is 84.5 Å². The summed E-state index contributed by atoms with van der Waals surface area (Å²) in [5, 5.41) is 10.0. The van der Waals surface area contributed by atoms with Crippen molar-refractivity contribution >= 4 is 9.84 Å². The predicted octanol–water partition coefficient (Wildman–Crippen LogP) is 5.50. The smallest absolute Gasteiger partial charge is 0.203 e. The van der Waals surface area contributed by atoms with Gasteiger partial charge in [0.05, 0.1) is 58.6 Å². The number of sulfone groups is 1. The third-order valence-electron chi connectivity index (χ3n) is 8.06. The molecule has 44 heavy (non-hydrogen) atoms. The zero-order valence-electron chi connectivity index (χ0n) is 26.8. The fourth-order valence-electron chi connectivity index (χ4n) is 5.94. The number of aliphatic hydroxyl groups is 1. The molecule has 2 saturated heterocycles. The lowest BCUT2D eigenvalue weighted by molar-refractivity contribution is 0.0434. The minimum atomic E-state index is -3.90. The second kappa shape index (κ2) is 16.0. The number of likely N-dealkylation sites (tertiary alicyclic amines) is 1. The van der Waals surface area contributed by atoms with E-state index in [-0.39, 0.29) is 22.9 Å². The molecular weight excluding hydrogens is 586 g/mol. The summed E-state index contributed by atoms with van der Waals surface area (Å²) < 4.78 is 62.6. The maximum Gasteiger partial charge on any atom is 0.203 e. The second-order valence-electron chi connectivity index (χ2n) is 11.6. The van der Waals surface area contributed by atoms with Gasteiger partial charge in [-0.05, 0) is 93.9 Å². The molecule has 2 fully saturated rings. The van der Waals surface area contributed by atoms with Crippen LogP contribution in [0.4, 0.5) is 0 Å². The minimum Gasteiger partial charge on any atom is -0.493 e. The van der Waals surface area contributed by atoms with E-state index in [1.807, 2.05) is 25.1 Å². The first-order chi connectivity index (χ1) is 21.2. The van der Waals surface area contributed by atoms with Gasteiger partial charge < -0.3 is 38.4 Å². The van der Waals surface area contributed by atoms with Crippen molar-refractivity contribution in [3.8, 4) is 28.7 Å². The molecule has 0 radical (unpaired) electrons. The molecule has 2 heterocycles. The molecule has 3 atom stereocenters. The normalized spacial score (nSPS) is 19.9. The Bertz CT molecular complexity index is 1300. The van der Waals surface area contributed by atoms with Gasteiger partial charge in [0.15, 0.2) is 32.8 Å². The molecule has 0 bridgehead atoms. The van der Waals surface area contributed by atoms with E-state index in [1.165, 1.54) is 26.2 Å². The monoisotopic (exact) mass is 635 g/mol. The van der Waals surface area contributed by atoms with Crippen molar-refractivity contribution in [3.63, 3.8) is 0 Å². The number of nitrogens with zero attached hydrogens (tertiary/aromatic N) is 1. The van der Waals surface area contributed by atoms with Gasteiger partial charge in [-0.2, -0.15) is 0 Å². The van der Waals surface area contributed by atoms with Crippen molar-refractivity contribution < 1.29 is 41.9 Å². The van der Waals surface area contributed by atoms with Crippen LogP contribution in [0.3, 0.4) is 0 Å². The zero-order valence-corrected chi connectivity index (χ0v) is 27.6. The van der Waals surface area contributed by atoms with Crippen molar-refractivity contribution in [1.29, 1.82) is 0 Å². The van der Waals surface area contributed by atoms with Gasteiger partial charge in [-0.25, -0.2) is 8.42 Å². The van der Waals surface area contributed by atoms with Crippen LogP contribution < -0.4 is 23.7 Å². The summed E-state index contributed by atoms with van der Waals surface area (Å²) in [7, 11) is 0.810. The van der Waals surface area contributed by atoms with Crippen LogP contribution in [0.15, 0.2) is 29.2 Å².